The number of aromatic nitrogens is 3. The van der Waals surface area contributed by atoms with Gasteiger partial charge in [0.15, 0.2) is 0 Å². The molecule has 8 heteroatoms. The van der Waals surface area contributed by atoms with Crippen LogP contribution in [0.15, 0.2) is 6.33 Å². The van der Waals surface area contributed by atoms with E-state index in [1.165, 1.54) is 6.92 Å². The van der Waals surface area contributed by atoms with Gasteiger partial charge in [0.05, 0.1) is 13.0 Å². The second-order valence-corrected chi connectivity index (χ2v) is 4.39. The van der Waals surface area contributed by atoms with Crippen LogP contribution in [0.5, 0.6) is 0 Å². The van der Waals surface area contributed by atoms with Crippen molar-refractivity contribution in [2.45, 2.75) is 45.1 Å². The van der Waals surface area contributed by atoms with Crippen LogP contribution >= 0.6 is 0 Å². The summed E-state index contributed by atoms with van der Waals surface area (Å²) in [5.74, 6) is 0.630. The van der Waals surface area contributed by atoms with Gasteiger partial charge in [0.2, 0.25) is 0 Å². The third kappa shape index (κ3) is 6.53. The van der Waals surface area contributed by atoms with Crippen LogP contribution in [0, 0.1) is 0 Å². The van der Waals surface area contributed by atoms with E-state index in [9.17, 15) is 13.2 Å². The van der Waals surface area contributed by atoms with E-state index in [1.54, 1.807) is 13.4 Å². The van der Waals surface area contributed by atoms with Crippen LogP contribution in [0.25, 0.3) is 0 Å². The van der Waals surface area contributed by atoms with Crippen LogP contribution in [0.4, 0.5) is 13.2 Å². The summed E-state index contributed by atoms with van der Waals surface area (Å²) in [5.41, 5.74) is 0. The molecule has 5 nitrogen and oxygen atoms in total. The van der Waals surface area contributed by atoms with Gasteiger partial charge in [-0.2, -0.15) is 13.2 Å². The zero-order valence-electron chi connectivity index (χ0n) is 11.1. The van der Waals surface area contributed by atoms with E-state index < -0.39 is 18.6 Å². The first-order chi connectivity index (χ1) is 8.92. The number of hydrogen-bond acceptors (Lipinski definition) is 4. The molecule has 0 radical (unpaired) electrons. The molecule has 1 unspecified atom stereocenters. The fourth-order valence-corrected chi connectivity index (χ4v) is 1.67. The van der Waals surface area contributed by atoms with Gasteiger partial charge >= 0.3 is 6.18 Å². The lowest BCUT2D eigenvalue weighted by Gasteiger charge is -2.15. The molecule has 0 aliphatic carbocycles. The first kappa shape index (κ1) is 15.9. The minimum absolute atomic E-state index is 0.268. The van der Waals surface area contributed by atoms with Gasteiger partial charge in [-0.3, -0.25) is 0 Å². The summed E-state index contributed by atoms with van der Waals surface area (Å²) in [6, 6.07) is -0.649. The molecule has 1 heterocycles. The number of aryl methyl sites for hydroxylation is 1. The lowest BCUT2D eigenvalue weighted by molar-refractivity contribution is -0.139. The van der Waals surface area contributed by atoms with Crippen molar-refractivity contribution in [3.8, 4) is 0 Å². The number of alkyl halides is 3. The van der Waals surface area contributed by atoms with Crippen molar-refractivity contribution in [2.75, 3.05) is 13.7 Å². The molecule has 0 saturated carbocycles. The average Bonchev–Trinajstić information content (AvgIpc) is 2.72. The number of hydrogen-bond donors (Lipinski definition) is 1. The van der Waals surface area contributed by atoms with Crippen molar-refractivity contribution >= 4 is 0 Å². The molecule has 0 fully saturated rings. The molecule has 0 amide bonds. The van der Waals surface area contributed by atoms with Crippen molar-refractivity contribution < 1.29 is 17.9 Å². The maximum atomic E-state index is 12.2. The van der Waals surface area contributed by atoms with E-state index in [-0.39, 0.29) is 6.54 Å². The summed E-state index contributed by atoms with van der Waals surface area (Å²) in [6.07, 6.45) is -2.63. The number of halogens is 3. The van der Waals surface area contributed by atoms with E-state index in [0.29, 0.717) is 19.0 Å². The van der Waals surface area contributed by atoms with E-state index in [1.807, 2.05) is 4.57 Å². The first-order valence-corrected chi connectivity index (χ1v) is 6.08. The zero-order chi connectivity index (χ0) is 14.3. The number of nitrogens with zero attached hydrogens (tertiary/aromatic N) is 3. The molecule has 1 aromatic rings. The van der Waals surface area contributed by atoms with Gasteiger partial charge < -0.3 is 14.6 Å². The van der Waals surface area contributed by atoms with Crippen LogP contribution in [0.2, 0.25) is 0 Å². The molecule has 0 aromatic carbocycles. The van der Waals surface area contributed by atoms with E-state index in [2.05, 4.69) is 15.5 Å². The molecular formula is C11H19F3N4O. The SMILES string of the molecule is COCCCn1cnnc1CNC(C)CC(F)(F)F. The first-order valence-electron chi connectivity index (χ1n) is 6.08. The summed E-state index contributed by atoms with van der Waals surface area (Å²) in [5, 5.41) is 10.5. The van der Waals surface area contributed by atoms with E-state index in [0.717, 1.165) is 6.42 Å². The van der Waals surface area contributed by atoms with Crippen LogP contribution in [0.3, 0.4) is 0 Å². The van der Waals surface area contributed by atoms with Gasteiger partial charge in [0.1, 0.15) is 12.2 Å². The third-order valence-electron chi connectivity index (χ3n) is 2.59. The Hall–Kier alpha value is -1.15. The monoisotopic (exact) mass is 280 g/mol. The standard InChI is InChI=1S/C11H19F3N4O/c1-9(6-11(12,13)14)15-7-10-17-16-8-18(10)4-3-5-19-2/h8-9,15H,3-7H2,1-2H3. The number of ether oxygens (including phenoxy) is 1. The Morgan fingerprint density at radius 1 is 1.47 bits per heavy atom. The van der Waals surface area contributed by atoms with Crippen molar-refractivity contribution in [2.24, 2.45) is 0 Å². The minimum Gasteiger partial charge on any atom is -0.385 e. The Morgan fingerprint density at radius 2 is 2.21 bits per heavy atom. The topological polar surface area (TPSA) is 52.0 Å². The molecule has 1 rings (SSSR count). The third-order valence-corrected chi connectivity index (χ3v) is 2.59. The maximum absolute atomic E-state index is 12.2. The van der Waals surface area contributed by atoms with Gasteiger partial charge in [0.25, 0.3) is 0 Å². The van der Waals surface area contributed by atoms with Gasteiger partial charge in [-0.15, -0.1) is 10.2 Å². The fraction of sp³-hybridized carbons (Fsp3) is 0.818. The van der Waals surface area contributed by atoms with Crippen molar-refractivity contribution in [3.63, 3.8) is 0 Å². The normalized spacial score (nSPS) is 13.7. The molecule has 1 N–H and O–H groups in total. The highest BCUT2D eigenvalue weighted by molar-refractivity contribution is 4.86. The highest BCUT2D eigenvalue weighted by Gasteiger charge is 2.29. The lowest BCUT2D eigenvalue weighted by atomic mass is 10.2. The molecule has 1 aromatic heterocycles. The highest BCUT2D eigenvalue weighted by atomic mass is 19.4. The predicted molar refractivity (Wildman–Crippen MR) is 63.5 cm³/mol. The van der Waals surface area contributed by atoms with Crippen molar-refractivity contribution in [1.29, 1.82) is 0 Å². The van der Waals surface area contributed by atoms with Gasteiger partial charge in [-0.05, 0) is 13.3 Å². The number of rotatable bonds is 8. The van der Waals surface area contributed by atoms with Crippen molar-refractivity contribution in [3.05, 3.63) is 12.2 Å². The Labute approximate surface area is 110 Å². The Balaban J connectivity index is 2.38. The molecular weight excluding hydrogens is 261 g/mol. The Bertz CT molecular complexity index is 367. The van der Waals surface area contributed by atoms with Gasteiger partial charge in [-0.25, -0.2) is 0 Å². The lowest BCUT2D eigenvalue weighted by Crippen LogP contribution is -2.31. The molecule has 0 bridgehead atoms. The average molecular weight is 280 g/mol. The van der Waals surface area contributed by atoms with Gasteiger partial charge in [-0.1, -0.05) is 0 Å². The number of nitrogens with one attached hydrogen (secondary N) is 1. The largest absolute Gasteiger partial charge is 0.390 e. The fourth-order valence-electron chi connectivity index (χ4n) is 1.67. The summed E-state index contributed by atoms with van der Waals surface area (Å²) in [6.45, 7) is 3.07. The van der Waals surface area contributed by atoms with Crippen molar-refractivity contribution in [1.82, 2.24) is 20.1 Å². The van der Waals surface area contributed by atoms with Crippen LogP contribution in [0.1, 0.15) is 25.6 Å². The van der Waals surface area contributed by atoms with E-state index >= 15 is 0 Å². The molecule has 0 spiro atoms. The quantitative estimate of drug-likeness (QED) is 0.737. The molecule has 19 heavy (non-hydrogen) atoms. The second kappa shape index (κ2) is 7.44. The highest BCUT2D eigenvalue weighted by Crippen LogP contribution is 2.21. The van der Waals surface area contributed by atoms with Crippen LogP contribution < -0.4 is 5.32 Å². The van der Waals surface area contributed by atoms with Crippen LogP contribution in [-0.4, -0.2) is 40.7 Å². The molecule has 1 atom stereocenters. The smallest absolute Gasteiger partial charge is 0.385 e. The summed E-state index contributed by atoms with van der Waals surface area (Å²) in [7, 11) is 1.62. The van der Waals surface area contributed by atoms with Gasteiger partial charge in [0, 0.05) is 26.3 Å². The predicted octanol–water partition coefficient (Wildman–Crippen LogP) is 1.75. The Kier molecular flexibility index (Phi) is 6.23. The second-order valence-electron chi connectivity index (χ2n) is 4.39. The summed E-state index contributed by atoms with van der Waals surface area (Å²) >= 11 is 0. The van der Waals surface area contributed by atoms with E-state index in [4.69, 9.17) is 4.74 Å². The zero-order valence-corrected chi connectivity index (χ0v) is 11.1. The molecule has 0 aliphatic heterocycles. The minimum atomic E-state index is -4.15. The molecule has 110 valence electrons. The Morgan fingerprint density at radius 3 is 2.84 bits per heavy atom. The molecule has 0 saturated heterocycles. The summed E-state index contributed by atoms with van der Waals surface area (Å²) < 4.78 is 43.3. The summed E-state index contributed by atoms with van der Waals surface area (Å²) in [4.78, 5) is 0. The number of methoxy groups -OCH3 is 1. The maximum Gasteiger partial charge on any atom is 0.390 e. The van der Waals surface area contributed by atoms with Crippen LogP contribution in [-0.2, 0) is 17.8 Å². The molecule has 0 aliphatic rings.